The smallest absolute Gasteiger partial charge is 0.361 e. The molecule has 2 aromatic carbocycles. The van der Waals surface area contributed by atoms with E-state index in [0.717, 1.165) is 24.3 Å². The molecule has 0 spiro atoms. The largest absolute Gasteiger partial charge is 0.416 e. The molecule has 0 aliphatic carbocycles. The summed E-state index contributed by atoms with van der Waals surface area (Å²) in [6.07, 6.45) is -4.47. The van der Waals surface area contributed by atoms with Crippen molar-refractivity contribution in [1.82, 2.24) is 0 Å². The van der Waals surface area contributed by atoms with Gasteiger partial charge in [-0.15, -0.1) is 0 Å². The molecule has 0 aliphatic rings. The van der Waals surface area contributed by atoms with Crippen LogP contribution in [0.4, 0.5) is 18.9 Å². The zero-order chi connectivity index (χ0) is 17.0. The molecule has 0 atom stereocenters. The maximum Gasteiger partial charge on any atom is 0.416 e. The number of benzene rings is 2. The lowest BCUT2D eigenvalue weighted by molar-refractivity contribution is -0.137. The molecule has 0 radical (unpaired) electrons. The number of hydrogen-bond donors (Lipinski definition) is 0. The highest BCUT2D eigenvalue weighted by Crippen LogP contribution is 2.29. The molecule has 0 saturated heterocycles. The van der Waals surface area contributed by atoms with Crippen LogP contribution in [0.3, 0.4) is 0 Å². The molecule has 2 aromatic rings. The van der Waals surface area contributed by atoms with Crippen molar-refractivity contribution < 1.29 is 22.8 Å². The van der Waals surface area contributed by atoms with E-state index in [2.05, 4.69) is 4.79 Å². The molecule has 0 N–H and O–H groups in total. The van der Waals surface area contributed by atoms with Gasteiger partial charge in [0.1, 0.15) is 0 Å². The Balaban J connectivity index is 2.30. The zero-order valence-corrected chi connectivity index (χ0v) is 12.1. The summed E-state index contributed by atoms with van der Waals surface area (Å²) in [4.78, 5) is 16.6. The second-order valence-electron chi connectivity index (χ2n) is 4.72. The topological polar surface area (TPSA) is 56.7 Å². The second kappa shape index (κ2) is 6.46. The van der Waals surface area contributed by atoms with E-state index in [-0.39, 0.29) is 11.3 Å². The fourth-order valence-electron chi connectivity index (χ4n) is 1.97. The van der Waals surface area contributed by atoms with Crippen LogP contribution in [0.5, 0.6) is 0 Å². The van der Waals surface area contributed by atoms with Gasteiger partial charge in [-0.05, 0) is 36.4 Å². The van der Waals surface area contributed by atoms with Crippen LogP contribution in [0.1, 0.15) is 11.1 Å². The minimum atomic E-state index is -4.47. The Morgan fingerprint density at radius 2 is 1.61 bits per heavy atom. The van der Waals surface area contributed by atoms with E-state index >= 15 is 0 Å². The number of amides is 1. The molecule has 0 fully saturated rings. The van der Waals surface area contributed by atoms with E-state index in [0.29, 0.717) is 5.69 Å². The first-order valence-electron chi connectivity index (χ1n) is 6.57. The number of halogens is 3. The van der Waals surface area contributed by atoms with Crippen LogP contribution in [0, 0.1) is 0 Å². The predicted molar refractivity (Wildman–Crippen MR) is 79.0 cm³/mol. The quantitative estimate of drug-likeness (QED) is 0.486. The number of alkyl halides is 3. The van der Waals surface area contributed by atoms with Gasteiger partial charge in [-0.2, -0.15) is 18.0 Å². The van der Waals surface area contributed by atoms with Gasteiger partial charge in [0, 0.05) is 12.7 Å². The van der Waals surface area contributed by atoms with E-state index in [1.807, 2.05) is 0 Å². The highest BCUT2D eigenvalue weighted by Gasteiger charge is 2.32. The normalized spacial score (nSPS) is 10.8. The van der Waals surface area contributed by atoms with Crippen molar-refractivity contribution in [2.45, 2.75) is 6.18 Å². The summed E-state index contributed by atoms with van der Waals surface area (Å²) in [5, 5.41) is 0. The van der Waals surface area contributed by atoms with E-state index in [1.54, 1.807) is 30.3 Å². The summed E-state index contributed by atoms with van der Waals surface area (Å²) in [5.74, 6) is -0.640. The van der Waals surface area contributed by atoms with Gasteiger partial charge in [0.2, 0.25) is 0 Å². The molecule has 7 heteroatoms. The first kappa shape index (κ1) is 16.5. The van der Waals surface area contributed by atoms with Gasteiger partial charge in [0.05, 0.1) is 11.1 Å². The zero-order valence-electron chi connectivity index (χ0n) is 12.1. The summed E-state index contributed by atoms with van der Waals surface area (Å²) in [5.41, 5.74) is 8.56. The summed E-state index contributed by atoms with van der Waals surface area (Å²) in [6.45, 7) is 0. The van der Waals surface area contributed by atoms with E-state index in [4.69, 9.17) is 5.53 Å². The van der Waals surface area contributed by atoms with Crippen molar-refractivity contribution in [1.29, 1.82) is 0 Å². The summed E-state index contributed by atoms with van der Waals surface area (Å²) in [6, 6.07) is 12.4. The molecule has 2 rings (SSSR count). The molecule has 0 heterocycles. The Kier molecular flexibility index (Phi) is 4.62. The van der Waals surface area contributed by atoms with Crippen LogP contribution >= 0.6 is 0 Å². The van der Waals surface area contributed by atoms with Crippen molar-refractivity contribution in [2.75, 3.05) is 11.9 Å². The molecule has 0 bridgehead atoms. The highest BCUT2D eigenvalue weighted by molar-refractivity contribution is 6.47. The Hall–Kier alpha value is -2.92. The maximum absolute atomic E-state index is 12.6. The summed E-state index contributed by atoms with van der Waals surface area (Å²) in [7, 11) is 1.48. The molecule has 0 saturated carbocycles. The number of nitrogens with zero attached hydrogens (tertiary/aromatic N) is 3. The minimum absolute atomic E-state index is 0.0910. The average Bonchev–Trinajstić information content (AvgIpc) is 2.55. The van der Waals surface area contributed by atoms with Crippen LogP contribution in [-0.2, 0) is 11.0 Å². The van der Waals surface area contributed by atoms with Gasteiger partial charge in [-0.3, -0.25) is 4.79 Å². The first-order valence-corrected chi connectivity index (χ1v) is 6.57. The molecule has 23 heavy (non-hydrogen) atoms. The van der Waals surface area contributed by atoms with Crippen molar-refractivity contribution in [3.8, 4) is 0 Å². The Labute approximate surface area is 130 Å². The molecule has 1 amide bonds. The third-order valence-corrected chi connectivity index (χ3v) is 3.24. The Bertz CT molecular complexity index is 748. The number of para-hydroxylation sites is 1. The van der Waals surface area contributed by atoms with Crippen LogP contribution < -0.4 is 4.90 Å². The van der Waals surface area contributed by atoms with Crippen LogP contribution in [0.2, 0.25) is 0 Å². The minimum Gasteiger partial charge on any atom is -0.361 e. The van der Waals surface area contributed by atoms with Gasteiger partial charge in [0.25, 0.3) is 0 Å². The number of likely N-dealkylation sites (N-methyl/N-ethyl adjacent to an activating group) is 1. The monoisotopic (exact) mass is 319 g/mol. The maximum atomic E-state index is 12.6. The van der Waals surface area contributed by atoms with Gasteiger partial charge in [-0.1, -0.05) is 18.2 Å². The molecule has 4 nitrogen and oxygen atoms in total. The van der Waals surface area contributed by atoms with Gasteiger partial charge >= 0.3 is 17.8 Å². The number of carbonyl (C=O) groups is 1. The van der Waals surface area contributed by atoms with Gasteiger partial charge in [-0.25, -0.2) is 0 Å². The lowest BCUT2D eigenvalue weighted by atomic mass is 10.1. The molecule has 118 valence electrons. The highest BCUT2D eigenvalue weighted by atomic mass is 19.4. The Morgan fingerprint density at radius 1 is 1.04 bits per heavy atom. The molecule has 0 aromatic heterocycles. The van der Waals surface area contributed by atoms with E-state index in [9.17, 15) is 18.0 Å². The second-order valence-corrected chi connectivity index (χ2v) is 4.72. The summed E-state index contributed by atoms with van der Waals surface area (Å²) < 4.78 is 37.7. The summed E-state index contributed by atoms with van der Waals surface area (Å²) >= 11 is 0. The Morgan fingerprint density at radius 3 is 2.09 bits per heavy atom. The van der Waals surface area contributed by atoms with E-state index in [1.165, 1.54) is 11.9 Å². The molecule has 0 aliphatic heterocycles. The average molecular weight is 319 g/mol. The van der Waals surface area contributed by atoms with Crippen LogP contribution in [0.25, 0.3) is 5.53 Å². The van der Waals surface area contributed by atoms with Crippen molar-refractivity contribution in [3.63, 3.8) is 0 Å². The van der Waals surface area contributed by atoms with Gasteiger partial charge < -0.3 is 10.4 Å². The van der Waals surface area contributed by atoms with Crippen molar-refractivity contribution in [2.24, 2.45) is 0 Å². The molecule has 0 unspecified atom stereocenters. The van der Waals surface area contributed by atoms with Crippen LogP contribution in [-0.4, -0.2) is 23.5 Å². The van der Waals surface area contributed by atoms with Crippen molar-refractivity contribution >= 4 is 17.3 Å². The third kappa shape index (κ3) is 3.64. The predicted octanol–water partition coefficient (Wildman–Crippen LogP) is 3.39. The first-order chi connectivity index (χ1) is 10.8. The third-order valence-electron chi connectivity index (χ3n) is 3.24. The number of carbonyl (C=O) groups excluding carboxylic acids is 1. The number of rotatable bonds is 3. The molecular formula is C16H12F3N3O. The SMILES string of the molecule is CN(C(=O)C(=[N+]=[N-])c1ccc(C(F)(F)F)cc1)c1ccccc1. The van der Waals surface area contributed by atoms with E-state index < -0.39 is 17.6 Å². The number of hydrogen-bond acceptors (Lipinski definition) is 1. The molecular weight excluding hydrogens is 307 g/mol. The fourth-order valence-corrected chi connectivity index (χ4v) is 1.97. The van der Waals surface area contributed by atoms with Gasteiger partial charge in [0.15, 0.2) is 0 Å². The standard InChI is InChI=1S/C16H12F3N3O/c1-22(13-5-3-2-4-6-13)15(23)14(21-20)11-7-9-12(10-8-11)16(17,18)19/h2-10H,1H3. The van der Waals surface area contributed by atoms with Crippen molar-refractivity contribution in [3.05, 3.63) is 71.3 Å². The lowest BCUT2D eigenvalue weighted by Gasteiger charge is -2.14. The number of anilines is 1. The fraction of sp³-hybridized carbons (Fsp3) is 0.125. The van der Waals surface area contributed by atoms with Crippen LogP contribution in [0.15, 0.2) is 54.6 Å². The lowest BCUT2D eigenvalue weighted by Crippen LogP contribution is -2.34.